The first-order valence-electron chi connectivity index (χ1n) is 12.7. The largest absolute Gasteiger partial charge is 0.573 e. The molecule has 0 unspecified atom stereocenters. The van der Waals surface area contributed by atoms with Gasteiger partial charge in [0.15, 0.2) is 0 Å². The van der Waals surface area contributed by atoms with Crippen LogP contribution in [-0.2, 0) is 0 Å². The Bertz CT molecular complexity index is 1390. The van der Waals surface area contributed by atoms with E-state index < -0.39 is 6.36 Å². The van der Waals surface area contributed by atoms with Crippen molar-refractivity contribution in [2.24, 2.45) is 5.92 Å². The first kappa shape index (κ1) is 26.2. The number of halogens is 3. The number of piperidine rings is 1. The molecule has 3 aromatic carbocycles. The van der Waals surface area contributed by atoms with Crippen LogP contribution in [0.5, 0.6) is 5.75 Å². The highest BCUT2D eigenvalue weighted by molar-refractivity contribution is 5.94. The fourth-order valence-corrected chi connectivity index (χ4v) is 4.65. The van der Waals surface area contributed by atoms with Crippen LogP contribution < -0.4 is 15.0 Å². The first-order chi connectivity index (χ1) is 18.9. The number of hydrogen-bond acceptors (Lipinski definition) is 5. The Balaban J connectivity index is 1.29. The Morgan fingerprint density at radius 2 is 1.49 bits per heavy atom. The van der Waals surface area contributed by atoms with Crippen LogP contribution in [0.3, 0.4) is 0 Å². The Hall–Kier alpha value is -4.40. The molecule has 0 spiro atoms. The summed E-state index contributed by atoms with van der Waals surface area (Å²) in [6.45, 7) is 2.17. The van der Waals surface area contributed by atoms with Crippen LogP contribution in [0.15, 0.2) is 91.1 Å². The first-order valence-corrected chi connectivity index (χ1v) is 12.7. The second-order valence-electron chi connectivity index (χ2n) is 9.37. The second-order valence-corrected chi connectivity index (χ2v) is 9.37. The summed E-state index contributed by atoms with van der Waals surface area (Å²) >= 11 is 0. The lowest BCUT2D eigenvalue weighted by molar-refractivity contribution is -0.274. The topological polar surface area (TPSA) is 67.4 Å². The van der Waals surface area contributed by atoms with Crippen molar-refractivity contribution in [1.82, 2.24) is 15.3 Å². The van der Waals surface area contributed by atoms with E-state index in [9.17, 15) is 18.0 Å². The van der Waals surface area contributed by atoms with Gasteiger partial charge in [-0.1, -0.05) is 48.5 Å². The zero-order valence-corrected chi connectivity index (χ0v) is 21.1. The maximum absolute atomic E-state index is 12.6. The molecule has 39 heavy (non-hydrogen) atoms. The van der Waals surface area contributed by atoms with E-state index in [1.807, 2.05) is 48.5 Å². The minimum absolute atomic E-state index is 0.0648. The summed E-state index contributed by atoms with van der Waals surface area (Å²) in [5, 5.41) is 3.04. The molecule has 1 N–H and O–H groups in total. The van der Waals surface area contributed by atoms with E-state index in [0.29, 0.717) is 35.0 Å². The van der Waals surface area contributed by atoms with Gasteiger partial charge in [-0.3, -0.25) is 9.78 Å². The predicted molar refractivity (Wildman–Crippen MR) is 143 cm³/mol. The lowest BCUT2D eigenvalue weighted by Gasteiger charge is -2.33. The molecule has 1 aliphatic rings. The van der Waals surface area contributed by atoms with E-state index in [1.54, 1.807) is 30.5 Å². The van der Waals surface area contributed by atoms with Crippen molar-refractivity contribution < 1.29 is 22.7 Å². The number of aromatic nitrogens is 2. The standard InChI is InChI=1S/C30H27F3N4O2/c31-30(32,33)39-25-13-11-23(12-14-25)27-28(22-7-3-1-4-8-22)36-26(20-34-27)37-17-15-21(16-18-37)19-35-29(38)24-9-5-2-6-10-24/h1-14,20-21H,15-19H2,(H,35,38). The zero-order chi connectivity index (χ0) is 27.2. The van der Waals surface area contributed by atoms with E-state index in [1.165, 1.54) is 12.1 Å². The zero-order valence-electron chi connectivity index (χ0n) is 21.1. The van der Waals surface area contributed by atoms with Gasteiger partial charge in [-0.05, 0) is 55.2 Å². The van der Waals surface area contributed by atoms with Gasteiger partial charge < -0.3 is 15.0 Å². The summed E-state index contributed by atoms with van der Waals surface area (Å²) in [5.74, 6) is 0.749. The predicted octanol–water partition coefficient (Wildman–Crippen LogP) is 6.36. The third-order valence-electron chi connectivity index (χ3n) is 6.69. The Kier molecular flexibility index (Phi) is 7.76. The van der Waals surface area contributed by atoms with Crippen molar-refractivity contribution >= 4 is 11.7 Å². The molecule has 6 nitrogen and oxygen atoms in total. The van der Waals surface area contributed by atoms with Crippen LogP contribution in [0, 0.1) is 5.92 Å². The highest BCUT2D eigenvalue weighted by atomic mass is 19.4. The summed E-state index contributed by atoms with van der Waals surface area (Å²) in [7, 11) is 0. The fraction of sp³-hybridized carbons (Fsp3) is 0.233. The van der Waals surface area contributed by atoms with Gasteiger partial charge in [-0.2, -0.15) is 0 Å². The number of nitrogens with zero attached hydrogens (tertiary/aromatic N) is 3. The lowest BCUT2D eigenvalue weighted by Crippen LogP contribution is -2.39. The third kappa shape index (κ3) is 6.73. The maximum atomic E-state index is 12.6. The number of amides is 1. The SMILES string of the molecule is O=C(NCC1CCN(c2cnc(-c3ccc(OC(F)(F)F)cc3)c(-c3ccccc3)n2)CC1)c1ccccc1. The van der Waals surface area contributed by atoms with E-state index in [-0.39, 0.29) is 11.7 Å². The van der Waals surface area contributed by atoms with Crippen LogP contribution in [0.25, 0.3) is 22.5 Å². The molecule has 2 heterocycles. The summed E-state index contributed by atoms with van der Waals surface area (Å²) in [5.41, 5.74) is 3.37. The number of rotatable bonds is 7. The smallest absolute Gasteiger partial charge is 0.406 e. The summed E-state index contributed by atoms with van der Waals surface area (Å²) in [6.07, 6.45) is -1.24. The summed E-state index contributed by atoms with van der Waals surface area (Å²) < 4.78 is 41.7. The van der Waals surface area contributed by atoms with Gasteiger partial charge in [0.1, 0.15) is 11.6 Å². The number of alkyl halides is 3. The summed E-state index contributed by atoms with van der Waals surface area (Å²) in [4.78, 5) is 24.2. The highest BCUT2D eigenvalue weighted by Crippen LogP contribution is 2.33. The maximum Gasteiger partial charge on any atom is 0.573 e. The van der Waals surface area contributed by atoms with Crippen LogP contribution in [0.4, 0.5) is 19.0 Å². The number of carbonyl (C=O) groups excluding carboxylic acids is 1. The van der Waals surface area contributed by atoms with Gasteiger partial charge in [-0.25, -0.2) is 4.98 Å². The van der Waals surface area contributed by atoms with E-state index in [0.717, 1.165) is 37.3 Å². The number of hydrogen-bond donors (Lipinski definition) is 1. The molecular formula is C30H27F3N4O2. The lowest BCUT2D eigenvalue weighted by atomic mass is 9.96. The number of carbonyl (C=O) groups is 1. The quantitative estimate of drug-likeness (QED) is 0.300. The molecule has 0 radical (unpaired) electrons. The Morgan fingerprint density at radius 1 is 0.872 bits per heavy atom. The molecule has 1 fully saturated rings. The van der Waals surface area contributed by atoms with Crippen LogP contribution in [-0.4, -0.2) is 41.9 Å². The molecule has 0 saturated carbocycles. The van der Waals surface area contributed by atoms with Gasteiger partial charge in [0, 0.05) is 36.3 Å². The normalized spacial score (nSPS) is 14.2. The molecule has 1 aliphatic heterocycles. The van der Waals surface area contributed by atoms with Crippen molar-refractivity contribution in [3.63, 3.8) is 0 Å². The number of benzene rings is 3. The molecule has 0 atom stereocenters. The van der Waals surface area contributed by atoms with E-state index in [2.05, 4.69) is 15.0 Å². The van der Waals surface area contributed by atoms with Gasteiger partial charge in [0.05, 0.1) is 17.6 Å². The van der Waals surface area contributed by atoms with Crippen molar-refractivity contribution in [1.29, 1.82) is 0 Å². The highest BCUT2D eigenvalue weighted by Gasteiger charge is 2.31. The fourth-order valence-electron chi connectivity index (χ4n) is 4.65. The van der Waals surface area contributed by atoms with E-state index in [4.69, 9.17) is 9.97 Å². The molecule has 0 bridgehead atoms. The minimum Gasteiger partial charge on any atom is -0.406 e. The van der Waals surface area contributed by atoms with Crippen molar-refractivity contribution in [3.05, 3.63) is 96.7 Å². The monoisotopic (exact) mass is 532 g/mol. The molecule has 0 aliphatic carbocycles. The number of ether oxygens (including phenoxy) is 1. The van der Waals surface area contributed by atoms with Gasteiger partial charge in [0.25, 0.3) is 5.91 Å². The Labute approximate surface area is 224 Å². The third-order valence-corrected chi connectivity index (χ3v) is 6.69. The molecule has 4 aromatic rings. The molecule has 1 amide bonds. The molecular weight excluding hydrogens is 505 g/mol. The van der Waals surface area contributed by atoms with E-state index >= 15 is 0 Å². The number of nitrogens with one attached hydrogen (secondary N) is 1. The van der Waals surface area contributed by atoms with Gasteiger partial charge in [-0.15, -0.1) is 13.2 Å². The van der Waals surface area contributed by atoms with Crippen molar-refractivity contribution in [2.75, 3.05) is 24.5 Å². The average Bonchev–Trinajstić information content (AvgIpc) is 2.96. The van der Waals surface area contributed by atoms with Crippen molar-refractivity contribution in [2.45, 2.75) is 19.2 Å². The molecule has 200 valence electrons. The van der Waals surface area contributed by atoms with Crippen molar-refractivity contribution in [3.8, 4) is 28.3 Å². The van der Waals surface area contributed by atoms with Gasteiger partial charge >= 0.3 is 6.36 Å². The minimum atomic E-state index is -4.75. The average molecular weight is 533 g/mol. The number of anilines is 1. The Morgan fingerprint density at radius 3 is 2.13 bits per heavy atom. The molecule has 1 saturated heterocycles. The van der Waals surface area contributed by atoms with Gasteiger partial charge in [0.2, 0.25) is 0 Å². The summed E-state index contributed by atoms with van der Waals surface area (Å²) in [6, 6.07) is 24.4. The molecule has 9 heteroatoms. The second kappa shape index (κ2) is 11.6. The van der Waals surface area contributed by atoms with Crippen LogP contribution in [0.2, 0.25) is 0 Å². The molecule has 1 aromatic heterocycles. The van der Waals surface area contributed by atoms with Crippen LogP contribution in [0.1, 0.15) is 23.2 Å². The molecule has 5 rings (SSSR count). The van der Waals surface area contributed by atoms with Crippen LogP contribution >= 0.6 is 0 Å².